The first-order valence-electron chi connectivity index (χ1n) is 7.55. The van der Waals surface area contributed by atoms with Crippen LogP contribution in [0.5, 0.6) is 0 Å². The van der Waals surface area contributed by atoms with E-state index >= 15 is 0 Å². The predicted molar refractivity (Wildman–Crippen MR) is 90.7 cm³/mol. The van der Waals surface area contributed by atoms with Crippen LogP contribution in [0.2, 0.25) is 0 Å². The minimum absolute atomic E-state index is 0.231. The first-order valence-corrected chi connectivity index (χ1v) is 8.63. The predicted octanol–water partition coefficient (Wildman–Crippen LogP) is 1.88. The maximum absolute atomic E-state index is 12.3. The van der Waals surface area contributed by atoms with E-state index in [1.807, 2.05) is 24.3 Å². The van der Waals surface area contributed by atoms with E-state index in [2.05, 4.69) is 32.4 Å². The number of halogens is 1. The zero-order valence-electron chi connectivity index (χ0n) is 12.1. The molecule has 0 bridgehead atoms. The molecule has 21 heavy (non-hydrogen) atoms. The van der Waals surface area contributed by atoms with Crippen molar-refractivity contribution < 1.29 is 9.53 Å². The summed E-state index contributed by atoms with van der Waals surface area (Å²) in [5.41, 5.74) is 0.824. The van der Waals surface area contributed by atoms with Crippen molar-refractivity contribution in [2.75, 3.05) is 45.9 Å². The van der Waals surface area contributed by atoms with E-state index in [9.17, 15) is 4.79 Å². The largest absolute Gasteiger partial charge is 0.379 e. The van der Waals surface area contributed by atoms with E-state index in [4.69, 9.17) is 4.74 Å². The second-order valence-corrected chi connectivity index (χ2v) is 7.00. The zero-order valence-corrected chi connectivity index (χ0v) is 14.3. The minimum atomic E-state index is 0.231. The molecule has 0 N–H and O–H groups in total. The van der Waals surface area contributed by atoms with Gasteiger partial charge in [-0.1, -0.05) is 12.1 Å². The maximum Gasteiger partial charge on any atom is 0.176 e. The topological polar surface area (TPSA) is 32.8 Å². The first-order chi connectivity index (χ1) is 10.2. The molecule has 5 heteroatoms. The molecular weight excluding hydrogens is 379 g/mol. The third-order valence-corrected chi connectivity index (χ3v) is 5.06. The van der Waals surface area contributed by atoms with Crippen molar-refractivity contribution in [3.8, 4) is 0 Å². The summed E-state index contributed by atoms with van der Waals surface area (Å²) < 4.78 is 6.57. The Hall–Kier alpha value is -0.500. The van der Waals surface area contributed by atoms with Gasteiger partial charge in [-0.15, -0.1) is 0 Å². The molecule has 2 aliphatic rings. The Morgan fingerprint density at radius 1 is 1.19 bits per heavy atom. The van der Waals surface area contributed by atoms with Gasteiger partial charge in [0.2, 0.25) is 0 Å². The molecule has 0 aromatic heterocycles. The molecule has 2 aliphatic heterocycles. The number of morpholine rings is 1. The smallest absolute Gasteiger partial charge is 0.176 e. The molecule has 1 atom stereocenters. The van der Waals surface area contributed by atoms with Gasteiger partial charge in [-0.3, -0.25) is 14.6 Å². The van der Waals surface area contributed by atoms with Gasteiger partial charge in [0.15, 0.2) is 5.78 Å². The number of likely N-dealkylation sites (tertiary alicyclic amines) is 1. The van der Waals surface area contributed by atoms with E-state index in [0.29, 0.717) is 12.6 Å². The quantitative estimate of drug-likeness (QED) is 0.571. The van der Waals surface area contributed by atoms with Crippen LogP contribution in [0.15, 0.2) is 24.3 Å². The third-order valence-electron chi connectivity index (χ3n) is 4.34. The van der Waals surface area contributed by atoms with Crippen LogP contribution in [0.4, 0.5) is 0 Å². The number of benzene rings is 1. The maximum atomic E-state index is 12.3. The molecule has 0 aliphatic carbocycles. The molecule has 2 fully saturated rings. The van der Waals surface area contributed by atoms with E-state index in [1.54, 1.807) is 0 Å². The molecular formula is C16H21IN2O2. The van der Waals surface area contributed by atoms with Crippen molar-refractivity contribution >= 4 is 28.4 Å². The number of nitrogens with zero attached hydrogens (tertiary/aromatic N) is 2. The van der Waals surface area contributed by atoms with Gasteiger partial charge in [0.1, 0.15) is 0 Å². The number of hydrogen-bond donors (Lipinski definition) is 0. The Kier molecular flexibility index (Phi) is 5.26. The first kappa shape index (κ1) is 15.4. The van der Waals surface area contributed by atoms with Gasteiger partial charge in [0, 0.05) is 41.4 Å². The van der Waals surface area contributed by atoms with Crippen molar-refractivity contribution in [1.82, 2.24) is 9.80 Å². The molecule has 0 saturated carbocycles. The molecule has 1 unspecified atom stereocenters. The molecule has 0 spiro atoms. The average molecular weight is 400 g/mol. The van der Waals surface area contributed by atoms with Crippen LogP contribution >= 0.6 is 22.6 Å². The second kappa shape index (κ2) is 7.17. The van der Waals surface area contributed by atoms with Crippen molar-refractivity contribution in [2.45, 2.75) is 12.5 Å². The lowest BCUT2D eigenvalue weighted by molar-refractivity contribution is 0.0185. The molecule has 1 aromatic rings. The normalized spacial score (nSPS) is 24.3. The Balaban J connectivity index is 1.52. The Morgan fingerprint density at radius 3 is 2.62 bits per heavy atom. The molecule has 0 amide bonds. The lowest BCUT2D eigenvalue weighted by Crippen LogP contribution is -2.45. The number of ether oxygens (including phenoxy) is 1. The monoisotopic (exact) mass is 400 g/mol. The molecule has 3 rings (SSSR count). The van der Waals surface area contributed by atoms with Crippen LogP contribution in [0.1, 0.15) is 16.8 Å². The summed E-state index contributed by atoms with van der Waals surface area (Å²) in [6.45, 7) is 6.33. The van der Waals surface area contributed by atoms with Gasteiger partial charge in [0.05, 0.1) is 19.8 Å². The molecule has 2 saturated heterocycles. The van der Waals surface area contributed by atoms with Crippen LogP contribution in [0, 0.1) is 3.57 Å². The van der Waals surface area contributed by atoms with Gasteiger partial charge in [-0.05, 0) is 41.1 Å². The highest BCUT2D eigenvalue weighted by molar-refractivity contribution is 14.1. The number of hydrogen-bond acceptors (Lipinski definition) is 4. The fraction of sp³-hybridized carbons (Fsp3) is 0.562. The SMILES string of the molecule is O=C(CN1CCC(N2CCOCC2)C1)c1ccc(I)cc1. The molecule has 4 nitrogen and oxygen atoms in total. The number of carbonyl (C=O) groups is 1. The van der Waals surface area contributed by atoms with Crippen LogP contribution in [0.3, 0.4) is 0 Å². The van der Waals surface area contributed by atoms with Crippen molar-refractivity contribution in [1.29, 1.82) is 0 Å². The summed E-state index contributed by atoms with van der Waals surface area (Å²) >= 11 is 2.26. The van der Waals surface area contributed by atoms with E-state index in [-0.39, 0.29) is 5.78 Å². The molecule has 114 valence electrons. The summed E-state index contributed by atoms with van der Waals surface area (Å²) in [7, 11) is 0. The standard InChI is InChI=1S/C16H21IN2O2/c17-14-3-1-13(2-4-14)16(20)12-18-6-5-15(11-18)19-7-9-21-10-8-19/h1-4,15H,5-12H2. The highest BCUT2D eigenvalue weighted by Crippen LogP contribution is 2.17. The van der Waals surface area contributed by atoms with Crippen molar-refractivity contribution in [3.63, 3.8) is 0 Å². The fourth-order valence-corrected chi connectivity index (χ4v) is 3.49. The Bertz CT molecular complexity index is 486. The summed E-state index contributed by atoms with van der Waals surface area (Å²) in [5, 5.41) is 0. The summed E-state index contributed by atoms with van der Waals surface area (Å²) in [4.78, 5) is 17.1. The average Bonchev–Trinajstić information content (AvgIpc) is 2.97. The summed E-state index contributed by atoms with van der Waals surface area (Å²) in [6.07, 6.45) is 1.17. The van der Waals surface area contributed by atoms with Gasteiger partial charge >= 0.3 is 0 Å². The summed E-state index contributed by atoms with van der Waals surface area (Å²) in [5.74, 6) is 0.231. The van der Waals surface area contributed by atoms with Gasteiger partial charge in [0.25, 0.3) is 0 Å². The van der Waals surface area contributed by atoms with Crippen molar-refractivity contribution in [2.24, 2.45) is 0 Å². The number of carbonyl (C=O) groups excluding carboxylic acids is 1. The molecule has 1 aromatic carbocycles. The number of rotatable bonds is 4. The van der Waals surface area contributed by atoms with Gasteiger partial charge in [-0.2, -0.15) is 0 Å². The van der Waals surface area contributed by atoms with Crippen LogP contribution in [-0.4, -0.2) is 67.6 Å². The zero-order chi connectivity index (χ0) is 14.7. The van der Waals surface area contributed by atoms with Crippen LogP contribution in [-0.2, 0) is 4.74 Å². The fourth-order valence-electron chi connectivity index (χ4n) is 3.13. The van der Waals surface area contributed by atoms with Crippen molar-refractivity contribution in [3.05, 3.63) is 33.4 Å². The summed E-state index contributed by atoms with van der Waals surface area (Å²) in [6, 6.07) is 8.44. The highest BCUT2D eigenvalue weighted by Gasteiger charge is 2.29. The van der Waals surface area contributed by atoms with E-state index < -0.39 is 0 Å². The lowest BCUT2D eigenvalue weighted by Gasteiger charge is -2.32. The minimum Gasteiger partial charge on any atom is -0.379 e. The second-order valence-electron chi connectivity index (χ2n) is 5.76. The number of Topliss-reactive ketones (excluding diaryl/α,β-unsaturated/α-hetero) is 1. The van der Waals surface area contributed by atoms with E-state index in [0.717, 1.165) is 48.5 Å². The lowest BCUT2D eigenvalue weighted by atomic mass is 10.1. The highest BCUT2D eigenvalue weighted by atomic mass is 127. The van der Waals surface area contributed by atoms with Crippen LogP contribution < -0.4 is 0 Å². The Morgan fingerprint density at radius 2 is 1.90 bits per heavy atom. The third kappa shape index (κ3) is 4.03. The van der Waals surface area contributed by atoms with Crippen LogP contribution in [0.25, 0.3) is 0 Å². The van der Waals surface area contributed by atoms with Gasteiger partial charge < -0.3 is 4.74 Å². The van der Waals surface area contributed by atoms with E-state index in [1.165, 1.54) is 6.42 Å². The number of ketones is 1. The Labute approximate surface area is 139 Å². The van der Waals surface area contributed by atoms with Gasteiger partial charge in [-0.25, -0.2) is 0 Å². The molecule has 2 heterocycles. The molecule has 0 radical (unpaired) electrons.